The van der Waals surface area contributed by atoms with Crippen molar-refractivity contribution in [1.29, 1.82) is 10.5 Å². The van der Waals surface area contributed by atoms with Crippen molar-refractivity contribution in [3.05, 3.63) is 60.1 Å². The third-order valence-electron chi connectivity index (χ3n) is 1.90. The van der Waals surface area contributed by atoms with Gasteiger partial charge in [0, 0.05) is 18.2 Å². The normalized spacial score (nSPS) is 12.1. The third-order valence-corrected chi connectivity index (χ3v) is 1.90. The van der Waals surface area contributed by atoms with Crippen LogP contribution in [0.1, 0.15) is 0 Å². The van der Waals surface area contributed by atoms with E-state index in [0.29, 0.717) is 0 Å². The highest BCUT2D eigenvalue weighted by Crippen LogP contribution is 1.98. The molecule has 0 aliphatic carbocycles. The minimum Gasteiger partial charge on any atom is -0.389 e. The van der Waals surface area contributed by atoms with Gasteiger partial charge in [0.05, 0.1) is 5.57 Å². The van der Waals surface area contributed by atoms with Gasteiger partial charge >= 0.3 is 0 Å². The monoisotopic (exact) mass is 223 g/mol. The standard InChI is InChI=1S/C13H11N4/c14-10-12(13(16)11-15)6-2-5-9-17-7-3-1-4-8-17/h1-9H,16H2/q+1/b6-2+,9-5+,13-12-. The molecular formula is C13H11N4+. The molecular weight excluding hydrogens is 212 g/mol. The average Bonchev–Trinajstić information content (AvgIpc) is 2.39. The fraction of sp³-hybridized carbons (Fsp3) is 0. The van der Waals surface area contributed by atoms with Gasteiger partial charge < -0.3 is 5.73 Å². The van der Waals surface area contributed by atoms with Gasteiger partial charge in [-0.05, 0) is 6.08 Å². The molecule has 0 fully saturated rings. The number of allylic oxidation sites excluding steroid dienone is 5. The number of aromatic nitrogens is 1. The second-order valence-electron chi connectivity index (χ2n) is 3.07. The molecule has 4 heteroatoms. The Morgan fingerprint density at radius 3 is 2.35 bits per heavy atom. The summed E-state index contributed by atoms with van der Waals surface area (Å²) in [5, 5.41) is 17.3. The van der Waals surface area contributed by atoms with Crippen molar-refractivity contribution in [2.24, 2.45) is 5.73 Å². The highest BCUT2D eigenvalue weighted by molar-refractivity contribution is 5.43. The van der Waals surface area contributed by atoms with Gasteiger partial charge in [-0.3, -0.25) is 0 Å². The molecule has 0 aliphatic rings. The molecule has 0 atom stereocenters. The molecule has 0 saturated heterocycles. The molecule has 17 heavy (non-hydrogen) atoms. The Hall–Kier alpha value is -2.85. The van der Waals surface area contributed by atoms with Crippen molar-refractivity contribution >= 4 is 6.20 Å². The third kappa shape index (κ3) is 4.03. The molecule has 2 N–H and O–H groups in total. The number of nitrogens with zero attached hydrogens (tertiary/aromatic N) is 3. The number of pyridine rings is 1. The second-order valence-corrected chi connectivity index (χ2v) is 3.07. The second kappa shape index (κ2) is 6.60. The van der Waals surface area contributed by atoms with E-state index < -0.39 is 0 Å². The van der Waals surface area contributed by atoms with Crippen LogP contribution in [0, 0.1) is 22.7 Å². The van der Waals surface area contributed by atoms with Gasteiger partial charge in [-0.1, -0.05) is 12.1 Å². The van der Waals surface area contributed by atoms with Crippen LogP contribution in [0.25, 0.3) is 6.20 Å². The molecule has 0 aromatic carbocycles. The summed E-state index contributed by atoms with van der Waals surface area (Å²) in [5.74, 6) is 0. The summed E-state index contributed by atoms with van der Waals surface area (Å²) in [4.78, 5) is 0. The summed E-state index contributed by atoms with van der Waals surface area (Å²) in [5.41, 5.74) is 5.42. The number of rotatable bonds is 3. The van der Waals surface area contributed by atoms with Gasteiger partial charge in [0.15, 0.2) is 18.6 Å². The van der Waals surface area contributed by atoms with Crippen molar-refractivity contribution in [2.45, 2.75) is 0 Å². The maximum absolute atomic E-state index is 8.72. The van der Waals surface area contributed by atoms with E-state index in [1.165, 1.54) is 6.08 Å². The molecule has 0 saturated carbocycles. The van der Waals surface area contributed by atoms with Gasteiger partial charge in [0.25, 0.3) is 0 Å². The fourth-order valence-corrected chi connectivity index (χ4v) is 1.06. The molecule has 0 bridgehead atoms. The van der Waals surface area contributed by atoms with E-state index in [-0.39, 0.29) is 11.3 Å². The Balaban J connectivity index is 2.73. The molecule has 0 spiro atoms. The zero-order valence-electron chi connectivity index (χ0n) is 9.12. The smallest absolute Gasteiger partial charge is 0.174 e. The minimum atomic E-state index is -0.0792. The molecule has 0 radical (unpaired) electrons. The zero-order valence-corrected chi connectivity index (χ0v) is 9.12. The van der Waals surface area contributed by atoms with Crippen LogP contribution in [0.4, 0.5) is 0 Å². The summed E-state index contributed by atoms with van der Waals surface area (Å²) in [7, 11) is 0. The number of nitrogens with two attached hydrogens (primary N) is 1. The largest absolute Gasteiger partial charge is 0.389 e. The number of hydrogen-bond donors (Lipinski definition) is 1. The first-order chi connectivity index (χ1) is 8.27. The van der Waals surface area contributed by atoms with Crippen LogP contribution < -0.4 is 10.3 Å². The Kier molecular flexibility index (Phi) is 4.74. The van der Waals surface area contributed by atoms with Crippen molar-refractivity contribution in [1.82, 2.24) is 0 Å². The van der Waals surface area contributed by atoms with E-state index in [1.54, 1.807) is 18.2 Å². The molecule has 0 aliphatic heterocycles. The maximum atomic E-state index is 8.72. The molecule has 1 heterocycles. The van der Waals surface area contributed by atoms with Gasteiger partial charge in [-0.25, -0.2) is 0 Å². The van der Waals surface area contributed by atoms with Gasteiger partial charge in [-0.15, -0.1) is 0 Å². The van der Waals surface area contributed by atoms with Crippen molar-refractivity contribution < 1.29 is 4.57 Å². The van der Waals surface area contributed by atoms with Crippen LogP contribution in [-0.4, -0.2) is 0 Å². The highest BCUT2D eigenvalue weighted by atomic mass is 14.9. The fourth-order valence-electron chi connectivity index (χ4n) is 1.06. The lowest BCUT2D eigenvalue weighted by molar-refractivity contribution is -0.568. The minimum absolute atomic E-state index is 0.0792. The Labute approximate surface area is 99.8 Å². The quantitative estimate of drug-likeness (QED) is 0.476. The Bertz CT molecular complexity index is 539. The topological polar surface area (TPSA) is 77.5 Å². The summed E-state index contributed by atoms with van der Waals surface area (Å²) in [6, 6.07) is 9.32. The van der Waals surface area contributed by atoms with Crippen LogP contribution in [0.2, 0.25) is 0 Å². The maximum Gasteiger partial charge on any atom is 0.174 e. The molecule has 0 unspecified atom stereocenters. The lowest BCUT2D eigenvalue weighted by Gasteiger charge is -1.87. The molecule has 1 rings (SSSR count). The summed E-state index contributed by atoms with van der Waals surface area (Å²) >= 11 is 0. The Morgan fingerprint density at radius 2 is 1.76 bits per heavy atom. The summed E-state index contributed by atoms with van der Waals surface area (Å²) < 4.78 is 1.85. The molecule has 0 amide bonds. The van der Waals surface area contributed by atoms with Gasteiger partial charge in [-0.2, -0.15) is 15.1 Å². The predicted molar refractivity (Wildman–Crippen MR) is 63.5 cm³/mol. The SMILES string of the molecule is N#C\C(N)=C(C#N)/C=C/C=C/[n+]1ccccc1. The van der Waals surface area contributed by atoms with E-state index in [0.717, 1.165) is 0 Å². The number of hydrogen-bond acceptors (Lipinski definition) is 3. The van der Waals surface area contributed by atoms with Gasteiger partial charge in [0.2, 0.25) is 0 Å². The first-order valence-electron chi connectivity index (χ1n) is 4.88. The van der Waals surface area contributed by atoms with Crippen LogP contribution in [0.5, 0.6) is 0 Å². The van der Waals surface area contributed by atoms with E-state index in [4.69, 9.17) is 16.3 Å². The lowest BCUT2D eigenvalue weighted by atomic mass is 10.2. The molecule has 1 aromatic heterocycles. The first-order valence-corrected chi connectivity index (χ1v) is 4.88. The van der Waals surface area contributed by atoms with E-state index in [2.05, 4.69) is 0 Å². The molecule has 82 valence electrons. The highest BCUT2D eigenvalue weighted by Gasteiger charge is 1.95. The number of nitriles is 2. The van der Waals surface area contributed by atoms with E-state index in [9.17, 15) is 0 Å². The van der Waals surface area contributed by atoms with Crippen molar-refractivity contribution in [3.8, 4) is 12.1 Å². The van der Waals surface area contributed by atoms with Crippen molar-refractivity contribution in [3.63, 3.8) is 0 Å². The predicted octanol–water partition coefficient (Wildman–Crippen LogP) is 1.26. The zero-order chi connectivity index (χ0) is 12.5. The Morgan fingerprint density at radius 1 is 1.06 bits per heavy atom. The van der Waals surface area contributed by atoms with Gasteiger partial charge in [0.1, 0.15) is 17.8 Å². The van der Waals surface area contributed by atoms with Crippen LogP contribution in [0.3, 0.4) is 0 Å². The molecule has 1 aromatic rings. The van der Waals surface area contributed by atoms with E-state index >= 15 is 0 Å². The lowest BCUT2D eigenvalue weighted by Crippen LogP contribution is -2.23. The first kappa shape index (κ1) is 12.2. The van der Waals surface area contributed by atoms with Crippen LogP contribution >= 0.6 is 0 Å². The van der Waals surface area contributed by atoms with Crippen LogP contribution in [-0.2, 0) is 0 Å². The van der Waals surface area contributed by atoms with Crippen molar-refractivity contribution in [2.75, 3.05) is 0 Å². The van der Waals surface area contributed by atoms with Crippen LogP contribution in [0.15, 0.2) is 60.1 Å². The molecule has 4 nitrogen and oxygen atoms in total. The summed E-state index contributed by atoms with van der Waals surface area (Å²) in [6.07, 6.45) is 10.5. The summed E-state index contributed by atoms with van der Waals surface area (Å²) in [6.45, 7) is 0. The average molecular weight is 223 g/mol. The van der Waals surface area contributed by atoms with E-state index in [1.807, 2.05) is 47.4 Å².